The van der Waals surface area contributed by atoms with Crippen molar-refractivity contribution in [3.63, 3.8) is 0 Å². The molecule has 266 valence electrons. The molecule has 2 aromatic heterocycles. The number of aryl methyl sites for hydroxylation is 1. The van der Waals surface area contributed by atoms with Gasteiger partial charge in [0.05, 0.1) is 31.8 Å². The molecular formula is C37H48ClN8O3P. The molecule has 2 fully saturated rings. The summed E-state index contributed by atoms with van der Waals surface area (Å²) in [6.07, 6.45) is 8.17. The number of pyridine rings is 1. The summed E-state index contributed by atoms with van der Waals surface area (Å²) in [5.74, 6) is 2.14. The molecule has 11 nitrogen and oxygen atoms in total. The topological polar surface area (TPSA) is 108 Å². The number of rotatable bonds is 11. The fourth-order valence-corrected chi connectivity index (χ4v) is 8.21. The lowest BCUT2D eigenvalue weighted by Crippen LogP contribution is -2.52. The fourth-order valence-electron chi connectivity index (χ4n) is 6.91. The minimum absolute atomic E-state index is 0.332. The Kier molecular flexibility index (Phi) is 11.2. The van der Waals surface area contributed by atoms with E-state index in [0.717, 1.165) is 75.3 Å². The number of benzene rings is 2. The Morgan fingerprint density at radius 1 is 0.920 bits per heavy atom. The molecule has 0 radical (unpaired) electrons. The van der Waals surface area contributed by atoms with Crippen LogP contribution in [-0.2, 0) is 11.0 Å². The molecule has 13 heteroatoms. The van der Waals surface area contributed by atoms with E-state index in [1.54, 1.807) is 52.2 Å². The molecule has 0 aliphatic carbocycles. The summed E-state index contributed by atoms with van der Waals surface area (Å²) in [5.41, 5.74) is 5.52. The van der Waals surface area contributed by atoms with Crippen molar-refractivity contribution in [2.45, 2.75) is 32.2 Å². The first kappa shape index (κ1) is 35.9. The van der Waals surface area contributed by atoms with Gasteiger partial charge in [0, 0.05) is 80.3 Å². The maximum Gasteiger partial charge on any atom is 0.229 e. The fraction of sp³-hybridized carbons (Fsp3) is 0.432. The summed E-state index contributed by atoms with van der Waals surface area (Å²) in [7, 11) is 2.77. The number of nitrogens with zero attached hydrogens (tertiary/aromatic N) is 6. The van der Waals surface area contributed by atoms with Crippen LogP contribution in [0.5, 0.6) is 11.5 Å². The minimum atomic E-state index is -2.75. The number of methoxy groups -OCH3 is 2. The van der Waals surface area contributed by atoms with Gasteiger partial charge in [-0.1, -0.05) is 24.6 Å². The number of halogens is 1. The monoisotopic (exact) mass is 718 g/mol. The molecule has 0 bridgehead atoms. The molecule has 2 aliphatic heterocycles. The lowest BCUT2D eigenvalue weighted by atomic mass is 9.99. The van der Waals surface area contributed by atoms with Crippen LogP contribution in [0.4, 0.5) is 28.8 Å². The van der Waals surface area contributed by atoms with Crippen molar-refractivity contribution in [3.8, 4) is 22.6 Å². The molecular weight excluding hydrogens is 671 g/mol. The van der Waals surface area contributed by atoms with E-state index < -0.39 is 7.14 Å². The predicted molar refractivity (Wildman–Crippen MR) is 206 cm³/mol. The Balaban J connectivity index is 1.22. The number of likely N-dealkylation sites (N-methyl/N-ethyl adjacent to an activating group) is 1. The highest BCUT2D eigenvalue weighted by molar-refractivity contribution is 7.70. The van der Waals surface area contributed by atoms with E-state index in [2.05, 4.69) is 61.4 Å². The summed E-state index contributed by atoms with van der Waals surface area (Å²) in [5, 5.41) is 7.69. The molecule has 0 unspecified atom stereocenters. The Bertz CT molecular complexity index is 1850. The number of anilines is 5. The van der Waals surface area contributed by atoms with Gasteiger partial charge >= 0.3 is 0 Å². The van der Waals surface area contributed by atoms with Crippen LogP contribution < -0.4 is 30.3 Å². The highest BCUT2D eigenvalue weighted by atomic mass is 35.5. The van der Waals surface area contributed by atoms with E-state index in [1.807, 2.05) is 18.2 Å². The van der Waals surface area contributed by atoms with Crippen LogP contribution in [0, 0.1) is 0 Å². The number of piperidine rings is 1. The van der Waals surface area contributed by atoms with Crippen molar-refractivity contribution in [2.75, 3.05) is 89.4 Å². The zero-order chi connectivity index (χ0) is 35.4. The molecule has 4 heterocycles. The normalized spacial score (nSPS) is 16.3. The van der Waals surface area contributed by atoms with E-state index in [9.17, 15) is 4.57 Å². The predicted octanol–water partition coefficient (Wildman–Crippen LogP) is 6.72. The lowest BCUT2D eigenvalue weighted by molar-refractivity contribution is 0.0982. The van der Waals surface area contributed by atoms with Gasteiger partial charge in [0.15, 0.2) is 5.82 Å². The van der Waals surface area contributed by atoms with Crippen molar-refractivity contribution >= 4 is 52.9 Å². The van der Waals surface area contributed by atoms with Crippen molar-refractivity contribution in [1.82, 2.24) is 24.8 Å². The van der Waals surface area contributed by atoms with Crippen LogP contribution in [0.25, 0.3) is 11.1 Å². The SMILES string of the molecule is CCc1cc(Nc2ncc(Cl)c(Nc3ccc(-c4cnccc4OC)cc3P(C)(C)=O)n2)c(OC)cc1N1CCC(N2CCN(C)CC2)CC1. The van der Waals surface area contributed by atoms with Gasteiger partial charge in [-0.25, -0.2) is 4.98 Å². The Morgan fingerprint density at radius 3 is 2.34 bits per heavy atom. The van der Waals surface area contributed by atoms with E-state index in [0.29, 0.717) is 45.3 Å². The quantitative estimate of drug-likeness (QED) is 0.161. The van der Waals surface area contributed by atoms with Crippen molar-refractivity contribution < 1.29 is 14.0 Å². The number of hydrogen-bond donors (Lipinski definition) is 2. The molecule has 2 N–H and O–H groups in total. The van der Waals surface area contributed by atoms with Gasteiger partial charge in [0.1, 0.15) is 23.7 Å². The third-order valence-electron chi connectivity index (χ3n) is 9.77. The molecule has 0 spiro atoms. The van der Waals surface area contributed by atoms with Gasteiger partial charge in [-0.3, -0.25) is 9.88 Å². The van der Waals surface area contributed by atoms with Gasteiger partial charge < -0.3 is 34.5 Å². The van der Waals surface area contributed by atoms with Crippen molar-refractivity contribution in [1.29, 1.82) is 0 Å². The molecule has 4 aromatic rings. The van der Waals surface area contributed by atoms with E-state index in [1.165, 1.54) is 11.3 Å². The molecule has 50 heavy (non-hydrogen) atoms. The van der Waals surface area contributed by atoms with E-state index in [4.69, 9.17) is 26.1 Å². The van der Waals surface area contributed by atoms with Crippen LogP contribution in [0.3, 0.4) is 0 Å². The molecule has 2 saturated heterocycles. The third kappa shape index (κ3) is 8.02. The summed E-state index contributed by atoms with van der Waals surface area (Å²) in [6.45, 7) is 12.3. The van der Waals surface area contributed by atoms with Gasteiger partial charge in [0.25, 0.3) is 0 Å². The lowest BCUT2D eigenvalue weighted by Gasteiger charge is -2.43. The Hall–Kier alpha value is -3.89. The summed E-state index contributed by atoms with van der Waals surface area (Å²) < 4.78 is 25.0. The molecule has 2 aromatic carbocycles. The second-order valence-corrected chi connectivity index (χ2v) is 17.0. The number of nitrogens with one attached hydrogen (secondary N) is 2. The summed E-state index contributed by atoms with van der Waals surface area (Å²) >= 11 is 6.62. The first-order chi connectivity index (χ1) is 24.1. The van der Waals surface area contributed by atoms with Crippen LogP contribution in [-0.4, -0.2) is 105 Å². The number of aromatic nitrogens is 3. The first-order valence-electron chi connectivity index (χ1n) is 17.2. The van der Waals surface area contributed by atoms with Crippen LogP contribution in [0.2, 0.25) is 5.02 Å². The summed E-state index contributed by atoms with van der Waals surface area (Å²) in [4.78, 5) is 21.1. The Morgan fingerprint density at radius 2 is 1.66 bits per heavy atom. The average Bonchev–Trinajstić information content (AvgIpc) is 3.13. The molecule has 2 aliphatic rings. The van der Waals surface area contributed by atoms with Gasteiger partial charge in [0.2, 0.25) is 5.95 Å². The zero-order valence-corrected chi connectivity index (χ0v) is 31.5. The standard InChI is InChI=1S/C37H48ClN8O3P/c1-7-25-20-31(34(49-4)22-32(25)46-14-11-27(12-15-46)45-18-16-44(2)17-19-45)42-37-40-24-29(38)36(43-37)41-30-9-8-26(21-35(30)50(5,6)47)28-23-39-13-10-33(28)48-3/h8-10,13,20-24,27H,7,11-12,14-19H2,1-6H3,(H2,40,41,42,43). The van der Waals surface area contributed by atoms with Crippen LogP contribution in [0.1, 0.15) is 25.3 Å². The number of piperazine rings is 1. The molecule has 0 atom stereocenters. The highest BCUT2D eigenvalue weighted by Gasteiger charge is 2.28. The van der Waals surface area contributed by atoms with Crippen LogP contribution >= 0.6 is 18.7 Å². The van der Waals surface area contributed by atoms with Gasteiger partial charge in [-0.15, -0.1) is 0 Å². The molecule has 0 saturated carbocycles. The maximum atomic E-state index is 13.5. The molecule has 0 amide bonds. The zero-order valence-electron chi connectivity index (χ0n) is 29.9. The molecule has 6 rings (SSSR count). The van der Waals surface area contributed by atoms with Crippen molar-refractivity contribution in [3.05, 3.63) is 65.6 Å². The smallest absolute Gasteiger partial charge is 0.229 e. The maximum absolute atomic E-state index is 13.5. The largest absolute Gasteiger partial charge is 0.496 e. The number of hydrogen-bond acceptors (Lipinski definition) is 11. The average molecular weight is 719 g/mol. The van der Waals surface area contributed by atoms with E-state index >= 15 is 0 Å². The minimum Gasteiger partial charge on any atom is -0.496 e. The second kappa shape index (κ2) is 15.6. The second-order valence-electron chi connectivity index (χ2n) is 13.4. The Labute approximate surface area is 300 Å². The van der Waals surface area contributed by atoms with Crippen molar-refractivity contribution in [2.24, 2.45) is 0 Å². The van der Waals surface area contributed by atoms with Gasteiger partial charge in [-0.2, -0.15) is 4.98 Å². The first-order valence-corrected chi connectivity index (χ1v) is 20.2. The summed E-state index contributed by atoms with van der Waals surface area (Å²) in [6, 6.07) is 12.5. The third-order valence-corrected chi connectivity index (χ3v) is 11.6. The van der Waals surface area contributed by atoms with Crippen LogP contribution in [0.15, 0.2) is 55.0 Å². The highest BCUT2D eigenvalue weighted by Crippen LogP contribution is 2.42. The van der Waals surface area contributed by atoms with Gasteiger partial charge in [-0.05, 0) is 75.0 Å². The number of ether oxygens (including phenoxy) is 2. The van der Waals surface area contributed by atoms with E-state index in [-0.39, 0.29) is 0 Å².